The number of nitrogens with one attached hydrogen (secondary N) is 1. The van der Waals surface area contributed by atoms with Crippen LogP contribution in [0.3, 0.4) is 0 Å². The minimum absolute atomic E-state index is 0.135. The van der Waals surface area contributed by atoms with Gasteiger partial charge >= 0.3 is 0 Å². The molecule has 3 aromatic carbocycles. The Morgan fingerprint density at radius 3 is 2.51 bits per heavy atom. The van der Waals surface area contributed by atoms with Crippen LogP contribution < -0.4 is 19.7 Å². The molecule has 0 radical (unpaired) electrons. The van der Waals surface area contributed by atoms with E-state index in [0.29, 0.717) is 27.9 Å². The van der Waals surface area contributed by atoms with E-state index in [4.69, 9.17) is 33.3 Å². The standard InChI is InChI=1S/C25H19ClFN3O4S/c26-16-2-6-18(7-3-16)28-23(31)12-20-24(32)30(19-8-4-17(27)5-9-19)25(35)29(20)13-15-1-10-21-22(11-15)34-14-33-21/h1-11,20H,12-14H2,(H,28,31)/t20-/m0/s1. The van der Waals surface area contributed by atoms with Crippen LogP contribution in [0.2, 0.25) is 5.02 Å². The lowest BCUT2D eigenvalue weighted by Gasteiger charge is -2.24. The largest absolute Gasteiger partial charge is 0.454 e. The average molecular weight is 512 g/mol. The number of hydrogen-bond donors (Lipinski definition) is 1. The number of ether oxygens (including phenoxy) is 2. The van der Waals surface area contributed by atoms with Crippen LogP contribution in [0.15, 0.2) is 66.7 Å². The zero-order valence-corrected chi connectivity index (χ0v) is 19.8. The fourth-order valence-electron chi connectivity index (χ4n) is 4.00. The van der Waals surface area contributed by atoms with Crippen molar-refractivity contribution in [2.24, 2.45) is 0 Å². The van der Waals surface area contributed by atoms with Gasteiger partial charge in [0.15, 0.2) is 16.6 Å². The van der Waals surface area contributed by atoms with Gasteiger partial charge in [-0.05, 0) is 78.4 Å². The van der Waals surface area contributed by atoms with E-state index in [2.05, 4.69) is 5.32 Å². The van der Waals surface area contributed by atoms with Crippen molar-refractivity contribution < 1.29 is 23.5 Å². The zero-order chi connectivity index (χ0) is 24.5. The van der Waals surface area contributed by atoms with Crippen molar-refractivity contribution in [3.8, 4) is 11.5 Å². The molecule has 5 rings (SSSR count). The van der Waals surface area contributed by atoms with E-state index >= 15 is 0 Å². The van der Waals surface area contributed by atoms with Gasteiger partial charge in [0, 0.05) is 17.3 Å². The van der Waals surface area contributed by atoms with Crippen molar-refractivity contribution in [2.45, 2.75) is 19.0 Å². The molecule has 2 heterocycles. The molecule has 7 nitrogen and oxygen atoms in total. The molecule has 1 N–H and O–H groups in total. The van der Waals surface area contributed by atoms with Gasteiger partial charge < -0.3 is 19.7 Å². The Kier molecular flexibility index (Phi) is 6.27. The fraction of sp³-hybridized carbons (Fsp3) is 0.160. The van der Waals surface area contributed by atoms with E-state index in [0.717, 1.165) is 5.56 Å². The van der Waals surface area contributed by atoms with E-state index in [1.165, 1.54) is 29.2 Å². The molecule has 1 saturated heterocycles. The van der Waals surface area contributed by atoms with Crippen LogP contribution in [0.1, 0.15) is 12.0 Å². The zero-order valence-electron chi connectivity index (χ0n) is 18.2. The molecule has 0 aromatic heterocycles. The summed E-state index contributed by atoms with van der Waals surface area (Å²) in [4.78, 5) is 29.4. The lowest BCUT2D eigenvalue weighted by Crippen LogP contribution is -2.37. The summed E-state index contributed by atoms with van der Waals surface area (Å²) >= 11 is 11.6. The first-order valence-corrected chi connectivity index (χ1v) is 11.5. The van der Waals surface area contributed by atoms with Gasteiger partial charge in [-0.25, -0.2) is 4.39 Å². The first-order chi connectivity index (χ1) is 16.9. The van der Waals surface area contributed by atoms with Gasteiger partial charge in [0.05, 0.1) is 12.1 Å². The third kappa shape index (κ3) is 4.78. The van der Waals surface area contributed by atoms with Gasteiger partial charge in [-0.1, -0.05) is 17.7 Å². The number of fused-ring (bicyclic) bond motifs is 1. The van der Waals surface area contributed by atoms with Gasteiger partial charge in [-0.2, -0.15) is 0 Å². The molecule has 2 aliphatic rings. The highest BCUT2D eigenvalue weighted by Gasteiger charge is 2.44. The van der Waals surface area contributed by atoms with Crippen LogP contribution in [0.5, 0.6) is 11.5 Å². The summed E-state index contributed by atoms with van der Waals surface area (Å²) in [6.45, 7) is 0.406. The molecular weight excluding hydrogens is 493 g/mol. The highest BCUT2D eigenvalue weighted by atomic mass is 35.5. The minimum Gasteiger partial charge on any atom is -0.454 e. The number of carbonyl (C=O) groups excluding carboxylic acids is 2. The Balaban J connectivity index is 1.41. The second-order valence-electron chi connectivity index (χ2n) is 8.02. The van der Waals surface area contributed by atoms with Gasteiger partial charge in [0.1, 0.15) is 11.9 Å². The van der Waals surface area contributed by atoms with Gasteiger partial charge in [-0.15, -0.1) is 0 Å². The number of carbonyl (C=O) groups is 2. The molecule has 2 aliphatic heterocycles. The van der Waals surface area contributed by atoms with Crippen LogP contribution in [-0.4, -0.2) is 34.7 Å². The first kappa shape index (κ1) is 23.1. The Morgan fingerprint density at radius 2 is 1.77 bits per heavy atom. The first-order valence-electron chi connectivity index (χ1n) is 10.7. The van der Waals surface area contributed by atoms with Crippen molar-refractivity contribution in [2.75, 3.05) is 17.0 Å². The number of benzene rings is 3. The van der Waals surface area contributed by atoms with Gasteiger partial charge in [-0.3, -0.25) is 14.5 Å². The highest BCUT2D eigenvalue weighted by molar-refractivity contribution is 7.80. The number of rotatable bonds is 6. The predicted octanol–water partition coefficient (Wildman–Crippen LogP) is 4.74. The summed E-state index contributed by atoms with van der Waals surface area (Å²) in [6.07, 6.45) is -0.135. The van der Waals surface area contributed by atoms with E-state index in [-0.39, 0.29) is 36.7 Å². The molecule has 35 heavy (non-hydrogen) atoms. The van der Waals surface area contributed by atoms with E-state index in [1.54, 1.807) is 35.2 Å². The number of amides is 2. The number of nitrogens with zero attached hydrogens (tertiary/aromatic N) is 2. The SMILES string of the molecule is O=C(C[C@H]1C(=O)N(c2ccc(F)cc2)C(=S)N1Cc1ccc2c(c1)OCO2)Nc1ccc(Cl)cc1. The molecule has 0 spiro atoms. The lowest BCUT2D eigenvalue weighted by atomic mass is 10.1. The van der Waals surface area contributed by atoms with Crippen LogP contribution in [0, 0.1) is 5.82 Å². The molecule has 0 aliphatic carbocycles. The van der Waals surface area contributed by atoms with Crippen LogP contribution in [0.4, 0.5) is 15.8 Å². The number of hydrogen-bond acceptors (Lipinski definition) is 5. The Morgan fingerprint density at radius 1 is 1.06 bits per heavy atom. The number of halogens is 2. The van der Waals surface area contributed by atoms with Crippen LogP contribution >= 0.6 is 23.8 Å². The maximum Gasteiger partial charge on any atom is 0.256 e. The topological polar surface area (TPSA) is 71.1 Å². The highest BCUT2D eigenvalue weighted by Crippen LogP contribution is 2.34. The van der Waals surface area contributed by atoms with Crippen molar-refractivity contribution in [3.63, 3.8) is 0 Å². The monoisotopic (exact) mass is 511 g/mol. The number of thiocarbonyl (C=S) groups is 1. The normalized spacial score (nSPS) is 16.7. The van der Waals surface area contributed by atoms with E-state index in [1.807, 2.05) is 12.1 Å². The molecule has 2 amide bonds. The second-order valence-corrected chi connectivity index (χ2v) is 8.82. The van der Waals surface area contributed by atoms with E-state index in [9.17, 15) is 14.0 Å². The summed E-state index contributed by atoms with van der Waals surface area (Å²) in [5.74, 6) is 0.0909. The third-order valence-corrected chi connectivity index (χ3v) is 6.37. The molecule has 3 aromatic rings. The fourth-order valence-corrected chi connectivity index (χ4v) is 4.51. The molecule has 0 unspecified atom stereocenters. The lowest BCUT2D eigenvalue weighted by molar-refractivity contribution is -0.124. The van der Waals surface area contributed by atoms with Gasteiger partial charge in [0.2, 0.25) is 12.7 Å². The van der Waals surface area contributed by atoms with Crippen LogP contribution in [0.25, 0.3) is 0 Å². The summed E-state index contributed by atoms with van der Waals surface area (Å²) in [5.41, 5.74) is 1.82. The van der Waals surface area contributed by atoms with Crippen LogP contribution in [-0.2, 0) is 16.1 Å². The molecule has 1 atom stereocenters. The maximum atomic E-state index is 13.5. The molecule has 1 fully saturated rings. The number of anilines is 2. The Labute approximate surface area is 211 Å². The minimum atomic E-state index is -0.856. The predicted molar refractivity (Wildman–Crippen MR) is 133 cm³/mol. The molecule has 0 bridgehead atoms. The quantitative estimate of drug-likeness (QED) is 0.482. The summed E-state index contributed by atoms with van der Waals surface area (Å²) in [7, 11) is 0. The third-order valence-electron chi connectivity index (χ3n) is 5.70. The molecule has 0 saturated carbocycles. The second kappa shape index (κ2) is 9.52. The average Bonchev–Trinajstić information content (AvgIpc) is 3.39. The van der Waals surface area contributed by atoms with E-state index < -0.39 is 11.9 Å². The molecular formula is C25H19ClFN3O4S. The Hall–Kier alpha value is -3.69. The molecule has 178 valence electrons. The Bertz CT molecular complexity index is 1300. The van der Waals surface area contributed by atoms with Crippen molar-refractivity contribution in [1.82, 2.24) is 4.90 Å². The van der Waals surface area contributed by atoms with Crippen molar-refractivity contribution in [1.29, 1.82) is 0 Å². The maximum absolute atomic E-state index is 13.5. The van der Waals surface area contributed by atoms with Crippen molar-refractivity contribution in [3.05, 3.63) is 83.1 Å². The smallest absolute Gasteiger partial charge is 0.256 e. The summed E-state index contributed by atoms with van der Waals surface area (Å²) in [5, 5.41) is 3.56. The summed E-state index contributed by atoms with van der Waals surface area (Å²) in [6, 6.07) is 16.8. The molecule has 10 heteroatoms. The summed E-state index contributed by atoms with van der Waals surface area (Å²) < 4.78 is 24.3. The van der Waals surface area contributed by atoms with Gasteiger partial charge in [0.25, 0.3) is 5.91 Å². The van der Waals surface area contributed by atoms with Crippen molar-refractivity contribution >= 4 is 52.1 Å².